The summed E-state index contributed by atoms with van der Waals surface area (Å²) in [4.78, 5) is 21.6. The molecule has 0 unspecified atom stereocenters. The van der Waals surface area contributed by atoms with Gasteiger partial charge in [-0.05, 0) is 0 Å². The van der Waals surface area contributed by atoms with Crippen molar-refractivity contribution in [3.05, 3.63) is 0 Å². The number of hydrogen-bond donors (Lipinski definition) is 3. The maximum absolute atomic E-state index is 8.88. The van der Waals surface area contributed by atoms with Crippen molar-refractivity contribution in [3.8, 4) is 0 Å². The molecule has 0 amide bonds. The van der Waals surface area contributed by atoms with Gasteiger partial charge in [-0.1, -0.05) is 0 Å². The molecule has 0 aromatic carbocycles. The summed E-state index contributed by atoms with van der Waals surface area (Å²) in [5.41, 5.74) is 0. The molecule has 0 aliphatic carbocycles. The molecule has 0 bridgehead atoms. The molecular formula is H4CuLiO4P. The average Bonchev–Trinajstić information content (AvgIpc) is 0.722. The molecule has 45 valence electrons. The first-order valence-corrected chi connectivity index (χ1v) is 2.35. The topological polar surface area (TPSA) is 77.8 Å². The van der Waals surface area contributed by atoms with Crippen LogP contribution in [0.1, 0.15) is 1.43 Å². The van der Waals surface area contributed by atoms with Crippen molar-refractivity contribution in [2.24, 2.45) is 0 Å². The molecule has 0 spiro atoms. The van der Waals surface area contributed by atoms with Crippen LogP contribution in [0, 0.1) is 0 Å². The largest absolute Gasteiger partial charge is 1.00 e. The third-order valence-corrected chi connectivity index (χ3v) is 0. The second kappa shape index (κ2) is 5.37. The van der Waals surface area contributed by atoms with Crippen molar-refractivity contribution in [1.29, 1.82) is 0 Å². The van der Waals surface area contributed by atoms with Crippen LogP contribution in [0.15, 0.2) is 0 Å². The Labute approximate surface area is 64.7 Å². The van der Waals surface area contributed by atoms with E-state index in [2.05, 4.69) is 0 Å². The summed E-state index contributed by atoms with van der Waals surface area (Å²) in [6.07, 6.45) is 0. The van der Waals surface area contributed by atoms with Gasteiger partial charge in [0.2, 0.25) is 0 Å². The fourth-order valence-electron chi connectivity index (χ4n) is 0. The van der Waals surface area contributed by atoms with Crippen molar-refractivity contribution in [2.45, 2.75) is 0 Å². The first-order valence-electron chi connectivity index (χ1n) is 0.783. The molecule has 0 saturated carbocycles. The second-order valence-electron chi connectivity index (χ2n) is 0.513. The Bertz CT molecular complexity index is 62.2. The first-order chi connectivity index (χ1) is 2.00. The Kier molecular flexibility index (Phi) is 12.1. The molecule has 0 heterocycles. The van der Waals surface area contributed by atoms with Crippen molar-refractivity contribution in [3.63, 3.8) is 0 Å². The van der Waals surface area contributed by atoms with Crippen LogP contribution in [0.5, 0.6) is 0 Å². The van der Waals surface area contributed by atoms with Crippen molar-refractivity contribution < 1.29 is 56.6 Å². The summed E-state index contributed by atoms with van der Waals surface area (Å²) in [5.74, 6) is 0. The van der Waals surface area contributed by atoms with E-state index in [-0.39, 0.29) is 37.4 Å². The Morgan fingerprint density at radius 3 is 1.29 bits per heavy atom. The summed E-state index contributed by atoms with van der Waals surface area (Å²) in [5, 5.41) is 0. The maximum Gasteiger partial charge on any atom is 1.00 e. The van der Waals surface area contributed by atoms with Crippen LogP contribution in [0.25, 0.3) is 0 Å². The molecular weight excluding hydrogens is 165 g/mol. The predicted molar refractivity (Wildman–Crippen MR) is 15.4 cm³/mol. The van der Waals surface area contributed by atoms with Gasteiger partial charge in [0.05, 0.1) is 0 Å². The van der Waals surface area contributed by atoms with Gasteiger partial charge in [-0.3, -0.25) is 0 Å². The van der Waals surface area contributed by atoms with Crippen LogP contribution in [0.2, 0.25) is 0 Å². The molecule has 3 N–H and O–H groups in total. The average molecular weight is 169 g/mol. The molecule has 4 nitrogen and oxygen atoms in total. The van der Waals surface area contributed by atoms with Crippen molar-refractivity contribution in [2.75, 3.05) is 0 Å². The molecule has 0 saturated heterocycles. The van der Waals surface area contributed by atoms with E-state index >= 15 is 0 Å². The van der Waals surface area contributed by atoms with Gasteiger partial charge in [-0.15, -0.1) is 0 Å². The summed E-state index contributed by atoms with van der Waals surface area (Å²) in [6, 6.07) is 0. The van der Waals surface area contributed by atoms with Gasteiger partial charge in [0.1, 0.15) is 0 Å². The van der Waals surface area contributed by atoms with Gasteiger partial charge < -0.3 is 16.1 Å². The Morgan fingerprint density at radius 1 is 1.29 bits per heavy atom. The molecule has 0 atom stereocenters. The molecule has 0 fully saturated rings. The van der Waals surface area contributed by atoms with E-state index in [9.17, 15) is 0 Å². The fraction of sp³-hybridized carbons (Fsp3) is 0. The summed E-state index contributed by atoms with van der Waals surface area (Å²) >= 11 is 0. The van der Waals surface area contributed by atoms with E-state index in [1.807, 2.05) is 0 Å². The van der Waals surface area contributed by atoms with E-state index in [4.69, 9.17) is 19.2 Å². The maximum atomic E-state index is 8.88. The van der Waals surface area contributed by atoms with Crippen LogP contribution in [-0.2, 0) is 21.6 Å². The molecule has 0 rings (SSSR count). The van der Waals surface area contributed by atoms with Crippen molar-refractivity contribution in [1.82, 2.24) is 0 Å². The van der Waals surface area contributed by atoms with Crippen LogP contribution < -0.4 is 18.9 Å². The van der Waals surface area contributed by atoms with Gasteiger partial charge >= 0.3 is 26.7 Å². The summed E-state index contributed by atoms with van der Waals surface area (Å²) in [7, 11) is -4.64. The monoisotopic (exact) mass is 169 g/mol. The zero-order valence-electron chi connectivity index (χ0n) is 4.50. The standard InChI is InChI=1S/Cu.Li.H3O4P.H/c;;1-5(2,3)4;/h;;(H3,1,2,3,4);/q;+1;;-1. The summed E-state index contributed by atoms with van der Waals surface area (Å²) in [6.45, 7) is 0. The minimum Gasteiger partial charge on any atom is -1.00 e. The van der Waals surface area contributed by atoms with Crippen molar-refractivity contribution >= 4 is 7.82 Å². The van der Waals surface area contributed by atoms with E-state index in [1.54, 1.807) is 0 Å². The molecule has 7 heavy (non-hydrogen) atoms. The van der Waals surface area contributed by atoms with Crippen LogP contribution in [0.3, 0.4) is 0 Å². The Balaban J connectivity index is -0.0000000267. The van der Waals surface area contributed by atoms with E-state index in [1.165, 1.54) is 0 Å². The zero-order chi connectivity index (χ0) is 4.50. The number of phosphoric acid groups is 1. The molecule has 7 heteroatoms. The minimum absolute atomic E-state index is 0. The predicted octanol–water partition coefficient (Wildman–Crippen LogP) is -3.81. The normalized spacial score (nSPS) is 8.43. The molecule has 0 aromatic rings. The fourth-order valence-corrected chi connectivity index (χ4v) is 0. The Morgan fingerprint density at radius 2 is 1.29 bits per heavy atom. The van der Waals surface area contributed by atoms with E-state index in [0.717, 1.165) is 0 Å². The smallest absolute Gasteiger partial charge is 1.00 e. The minimum atomic E-state index is -4.64. The third kappa shape index (κ3) is 131. The van der Waals surface area contributed by atoms with E-state index in [0.29, 0.717) is 0 Å². The summed E-state index contributed by atoms with van der Waals surface area (Å²) < 4.78 is 8.88. The van der Waals surface area contributed by atoms with Crippen LogP contribution >= 0.6 is 7.82 Å². The number of rotatable bonds is 0. The molecule has 0 aliphatic rings. The Hall–Kier alpha value is 1.23. The zero-order valence-corrected chi connectivity index (χ0v) is 5.33. The van der Waals surface area contributed by atoms with Gasteiger partial charge in [0.25, 0.3) is 0 Å². The van der Waals surface area contributed by atoms with Gasteiger partial charge in [-0.2, -0.15) is 0 Å². The molecule has 0 aliphatic heterocycles. The molecule has 0 aromatic heterocycles. The SMILES string of the molecule is O=P(O)(O)O.[Cu].[H-].[Li+]. The quantitative estimate of drug-likeness (QED) is 0.257. The van der Waals surface area contributed by atoms with Gasteiger partial charge in [0, 0.05) is 17.1 Å². The second-order valence-corrected chi connectivity index (χ2v) is 1.54. The van der Waals surface area contributed by atoms with E-state index < -0.39 is 7.82 Å². The first kappa shape index (κ1) is 15.7. The van der Waals surface area contributed by atoms with Crippen LogP contribution in [-0.4, -0.2) is 14.7 Å². The van der Waals surface area contributed by atoms with Crippen LogP contribution in [0.4, 0.5) is 0 Å². The number of hydrogen-bond acceptors (Lipinski definition) is 1. The van der Waals surface area contributed by atoms with Gasteiger partial charge in [-0.25, -0.2) is 4.57 Å². The molecule has 1 radical (unpaired) electrons. The third-order valence-electron chi connectivity index (χ3n) is 0. The van der Waals surface area contributed by atoms with Gasteiger partial charge in [0.15, 0.2) is 0 Å².